The van der Waals surface area contributed by atoms with Crippen LogP contribution in [0.4, 0.5) is 4.79 Å². The van der Waals surface area contributed by atoms with Gasteiger partial charge < -0.3 is 19.5 Å². The third kappa shape index (κ3) is 38.7. The minimum atomic E-state index is -0.758. The highest BCUT2D eigenvalue weighted by Crippen LogP contribution is 2.13. The summed E-state index contributed by atoms with van der Waals surface area (Å²) in [6.07, 6.45) is 39.8. The Hall–Kier alpha value is -2.31. The number of nitrogens with one attached hydrogen (secondary N) is 1. The third-order valence-electron chi connectivity index (χ3n) is 8.89. The number of amides is 1. The highest BCUT2D eigenvalue weighted by molar-refractivity contribution is 5.71. The molecule has 0 aromatic heterocycles. The summed E-state index contributed by atoms with van der Waals surface area (Å²) in [5, 5.41) is 2.65. The van der Waals surface area contributed by atoms with E-state index < -0.39 is 17.8 Å². The molecule has 7 heteroatoms. The number of alkyl carbamates (subject to hydrolysis) is 1. The molecule has 298 valence electrons. The van der Waals surface area contributed by atoms with Crippen molar-refractivity contribution in [1.82, 2.24) is 5.32 Å². The number of carbonyl (C=O) groups is 3. The fourth-order valence-electron chi connectivity index (χ4n) is 5.83. The van der Waals surface area contributed by atoms with Crippen molar-refractivity contribution in [2.45, 2.75) is 226 Å². The van der Waals surface area contributed by atoms with E-state index in [2.05, 4.69) is 43.5 Å². The molecular weight excluding hydrogens is 638 g/mol. The van der Waals surface area contributed by atoms with Crippen LogP contribution >= 0.6 is 0 Å². The molecule has 0 aliphatic heterocycles. The zero-order valence-corrected chi connectivity index (χ0v) is 34.0. The lowest BCUT2D eigenvalue weighted by molar-refractivity contribution is -0.159. The molecule has 0 aliphatic rings. The maximum absolute atomic E-state index is 12.6. The van der Waals surface area contributed by atoms with E-state index in [0.29, 0.717) is 12.8 Å². The molecule has 0 saturated heterocycles. The molecular formula is C44H81NO6. The van der Waals surface area contributed by atoms with Crippen molar-refractivity contribution in [2.24, 2.45) is 0 Å². The second-order valence-electron chi connectivity index (χ2n) is 15.3. The summed E-state index contributed by atoms with van der Waals surface area (Å²) in [4.78, 5) is 37.2. The van der Waals surface area contributed by atoms with Crippen LogP contribution in [-0.2, 0) is 23.8 Å². The number of rotatable bonds is 35. The van der Waals surface area contributed by atoms with E-state index in [1.165, 1.54) is 109 Å². The second-order valence-corrected chi connectivity index (χ2v) is 15.3. The summed E-state index contributed by atoms with van der Waals surface area (Å²) in [7, 11) is 0. The fourth-order valence-corrected chi connectivity index (χ4v) is 5.83. The predicted octanol–water partition coefficient (Wildman–Crippen LogP) is 13.0. The average Bonchev–Trinajstić information content (AvgIpc) is 3.08. The van der Waals surface area contributed by atoms with Crippen molar-refractivity contribution in [1.29, 1.82) is 0 Å². The zero-order valence-electron chi connectivity index (χ0n) is 34.0. The number of hydrogen-bond acceptors (Lipinski definition) is 6. The van der Waals surface area contributed by atoms with E-state index in [0.717, 1.165) is 57.8 Å². The molecule has 1 N–H and O–H groups in total. The van der Waals surface area contributed by atoms with Crippen LogP contribution < -0.4 is 5.32 Å². The normalized spacial score (nSPS) is 12.4. The van der Waals surface area contributed by atoms with E-state index in [9.17, 15) is 14.4 Å². The number of hydrogen-bond donors (Lipinski definition) is 1. The van der Waals surface area contributed by atoms with Gasteiger partial charge in [0.1, 0.15) is 12.2 Å². The highest BCUT2D eigenvalue weighted by Gasteiger charge is 2.21. The fraction of sp³-hybridized carbons (Fsp3) is 0.841. The first-order valence-corrected chi connectivity index (χ1v) is 21.3. The van der Waals surface area contributed by atoms with Gasteiger partial charge in [-0.25, -0.2) is 4.79 Å². The quantitative estimate of drug-likeness (QED) is 0.0303. The lowest BCUT2D eigenvalue weighted by Gasteiger charge is -2.22. The number of esters is 2. The molecule has 0 radical (unpaired) electrons. The Morgan fingerprint density at radius 2 is 0.902 bits per heavy atom. The van der Waals surface area contributed by atoms with Crippen LogP contribution in [0.25, 0.3) is 0 Å². The minimum Gasteiger partial charge on any atom is -0.462 e. The van der Waals surface area contributed by atoms with E-state index in [1.54, 1.807) is 20.8 Å². The van der Waals surface area contributed by atoms with E-state index in [1.807, 2.05) is 0 Å². The molecule has 0 rings (SSSR count). The lowest BCUT2D eigenvalue weighted by atomic mass is 10.1. The molecule has 7 nitrogen and oxygen atoms in total. The topological polar surface area (TPSA) is 90.9 Å². The molecule has 0 spiro atoms. The Kier molecular flexibility index (Phi) is 34.4. The molecule has 0 aromatic rings. The number of allylic oxidation sites excluding steroid dienone is 4. The van der Waals surface area contributed by atoms with Crippen molar-refractivity contribution in [3.05, 3.63) is 24.3 Å². The van der Waals surface area contributed by atoms with Crippen LogP contribution in [-0.4, -0.2) is 42.9 Å². The first-order chi connectivity index (χ1) is 24.7. The van der Waals surface area contributed by atoms with Crippen LogP contribution in [0.2, 0.25) is 0 Å². The molecule has 0 bridgehead atoms. The Balaban J connectivity index is 4.18. The van der Waals surface area contributed by atoms with Crippen LogP contribution in [0.3, 0.4) is 0 Å². The van der Waals surface area contributed by atoms with Gasteiger partial charge in [-0.05, 0) is 85.0 Å². The SMILES string of the molecule is CCCCCCCC/C=C\CCCCCCCC(=O)OC[C@H](CNC(=O)OC(C)(C)C)OC(=O)CCCCCCC/C=C\CCCCCCCC. The maximum Gasteiger partial charge on any atom is 0.407 e. The highest BCUT2D eigenvalue weighted by atomic mass is 16.6. The molecule has 0 unspecified atom stereocenters. The van der Waals surface area contributed by atoms with E-state index in [4.69, 9.17) is 14.2 Å². The van der Waals surface area contributed by atoms with Crippen LogP contribution in [0.1, 0.15) is 214 Å². The van der Waals surface area contributed by atoms with Crippen molar-refractivity contribution < 1.29 is 28.6 Å². The molecule has 51 heavy (non-hydrogen) atoms. The molecule has 0 saturated carbocycles. The summed E-state index contributed by atoms with van der Waals surface area (Å²) in [5.74, 6) is -0.639. The van der Waals surface area contributed by atoms with Gasteiger partial charge in [-0.3, -0.25) is 9.59 Å². The third-order valence-corrected chi connectivity index (χ3v) is 8.89. The predicted molar refractivity (Wildman–Crippen MR) is 214 cm³/mol. The van der Waals surface area contributed by atoms with E-state index in [-0.39, 0.29) is 25.1 Å². The smallest absolute Gasteiger partial charge is 0.407 e. The standard InChI is InChI=1S/C44H81NO6/c1-6-8-10-12-14-16-18-20-22-24-26-28-30-32-34-36-41(46)49-39-40(38-45-43(48)51-44(3,4)5)50-42(47)37-35-33-31-29-27-25-23-21-19-17-15-13-11-9-7-2/h20-23,40H,6-19,24-39H2,1-5H3,(H,45,48)/b22-20-,23-21-/t40-/m0/s1. The van der Waals surface area contributed by atoms with Gasteiger partial charge >= 0.3 is 18.0 Å². The number of ether oxygens (including phenoxy) is 3. The van der Waals surface area contributed by atoms with Crippen LogP contribution in [0, 0.1) is 0 Å². The van der Waals surface area contributed by atoms with Crippen molar-refractivity contribution in [2.75, 3.05) is 13.2 Å². The van der Waals surface area contributed by atoms with Gasteiger partial charge in [0.25, 0.3) is 0 Å². The summed E-state index contributed by atoms with van der Waals surface area (Å²) in [5.41, 5.74) is -0.642. The maximum atomic E-state index is 12.6. The lowest BCUT2D eigenvalue weighted by Crippen LogP contribution is -2.40. The van der Waals surface area contributed by atoms with Gasteiger partial charge in [-0.15, -0.1) is 0 Å². The Morgan fingerprint density at radius 3 is 1.31 bits per heavy atom. The van der Waals surface area contributed by atoms with Crippen molar-refractivity contribution in [3.8, 4) is 0 Å². The first-order valence-electron chi connectivity index (χ1n) is 21.3. The summed E-state index contributed by atoms with van der Waals surface area (Å²) in [6, 6.07) is 0. The van der Waals surface area contributed by atoms with Gasteiger partial charge in [0.15, 0.2) is 6.10 Å². The van der Waals surface area contributed by atoms with Gasteiger partial charge in [-0.2, -0.15) is 0 Å². The van der Waals surface area contributed by atoms with Crippen LogP contribution in [0.5, 0.6) is 0 Å². The van der Waals surface area contributed by atoms with Crippen LogP contribution in [0.15, 0.2) is 24.3 Å². The summed E-state index contributed by atoms with van der Waals surface area (Å²) >= 11 is 0. The van der Waals surface area contributed by atoms with Crippen molar-refractivity contribution >= 4 is 18.0 Å². The Bertz CT molecular complexity index is 877. The van der Waals surface area contributed by atoms with E-state index >= 15 is 0 Å². The largest absolute Gasteiger partial charge is 0.462 e. The van der Waals surface area contributed by atoms with Gasteiger partial charge in [-0.1, -0.05) is 141 Å². The summed E-state index contributed by atoms with van der Waals surface area (Å²) in [6.45, 7) is 9.81. The zero-order chi connectivity index (χ0) is 37.7. The molecule has 1 amide bonds. The number of unbranched alkanes of at least 4 members (excludes halogenated alkanes) is 22. The van der Waals surface area contributed by atoms with Gasteiger partial charge in [0.05, 0.1) is 6.54 Å². The Morgan fingerprint density at radius 1 is 0.529 bits per heavy atom. The van der Waals surface area contributed by atoms with Gasteiger partial charge in [0, 0.05) is 12.8 Å². The molecule has 0 aromatic carbocycles. The molecule has 1 atom stereocenters. The molecule has 0 heterocycles. The average molecular weight is 720 g/mol. The van der Waals surface area contributed by atoms with Crippen molar-refractivity contribution in [3.63, 3.8) is 0 Å². The Labute approximate surface area is 314 Å². The minimum absolute atomic E-state index is 0.0215. The summed E-state index contributed by atoms with van der Waals surface area (Å²) < 4.78 is 16.4. The molecule has 0 fully saturated rings. The first kappa shape index (κ1) is 48.7. The number of carbonyl (C=O) groups excluding carboxylic acids is 3. The second kappa shape index (κ2) is 36.1. The monoisotopic (exact) mass is 720 g/mol. The van der Waals surface area contributed by atoms with Gasteiger partial charge in [0.2, 0.25) is 0 Å². The molecule has 0 aliphatic carbocycles.